The number of nitrogens with two attached hydrogens (primary N) is 1. The summed E-state index contributed by atoms with van der Waals surface area (Å²) in [4.78, 5) is 10.9. The predicted molar refractivity (Wildman–Crippen MR) is 75.1 cm³/mol. The molecule has 3 N–H and O–H groups in total. The minimum Gasteiger partial charge on any atom is -0.370 e. The molecule has 1 aromatic rings. The number of unbranched alkanes of at least 4 members (excludes halogenated alkanes) is 1. The van der Waals surface area contributed by atoms with E-state index in [2.05, 4.69) is 12.2 Å². The van der Waals surface area contributed by atoms with Crippen molar-refractivity contribution in [2.24, 2.45) is 5.73 Å². The molecule has 0 aliphatic rings. The van der Waals surface area contributed by atoms with Gasteiger partial charge in [0.15, 0.2) is 0 Å². The number of primary amides is 1. The Labute approximate surface area is 114 Å². The van der Waals surface area contributed by atoms with Crippen LogP contribution in [-0.4, -0.2) is 11.9 Å². The Morgan fingerprint density at radius 1 is 1.37 bits per heavy atom. The fraction of sp³-hybridized carbons (Fsp3) is 0.533. The van der Waals surface area contributed by atoms with Crippen molar-refractivity contribution >= 4 is 5.91 Å². The largest absolute Gasteiger partial charge is 0.370 e. The summed E-state index contributed by atoms with van der Waals surface area (Å²) in [5.41, 5.74) is 6.25. The van der Waals surface area contributed by atoms with Crippen molar-refractivity contribution in [1.29, 1.82) is 0 Å². The van der Waals surface area contributed by atoms with Gasteiger partial charge in [0, 0.05) is 18.5 Å². The zero-order chi connectivity index (χ0) is 14.3. The summed E-state index contributed by atoms with van der Waals surface area (Å²) in [7, 11) is 0. The maximum Gasteiger partial charge on any atom is 0.218 e. The third-order valence-corrected chi connectivity index (χ3v) is 3.11. The van der Waals surface area contributed by atoms with Crippen LogP contribution in [-0.2, 0) is 4.79 Å². The highest BCUT2D eigenvalue weighted by atomic mass is 19.1. The van der Waals surface area contributed by atoms with E-state index in [1.165, 1.54) is 12.1 Å². The molecule has 106 valence electrons. The first-order valence-electron chi connectivity index (χ1n) is 6.82. The van der Waals surface area contributed by atoms with Gasteiger partial charge in [0.1, 0.15) is 5.82 Å². The van der Waals surface area contributed by atoms with Gasteiger partial charge in [-0.2, -0.15) is 0 Å². The molecular weight excluding hydrogens is 243 g/mol. The lowest BCUT2D eigenvalue weighted by molar-refractivity contribution is -0.118. The maximum absolute atomic E-state index is 13.0. The van der Waals surface area contributed by atoms with Crippen LogP contribution in [0.4, 0.5) is 4.39 Å². The van der Waals surface area contributed by atoms with E-state index in [1.54, 1.807) is 12.1 Å². The molecule has 0 aliphatic carbocycles. The molecule has 1 rings (SSSR count). The Morgan fingerprint density at radius 3 is 2.53 bits per heavy atom. The van der Waals surface area contributed by atoms with Crippen molar-refractivity contribution in [3.63, 3.8) is 0 Å². The second-order valence-electron chi connectivity index (χ2n) is 4.98. The molecule has 0 radical (unpaired) electrons. The van der Waals surface area contributed by atoms with E-state index in [0.717, 1.165) is 24.8 Å². The Hall–Kier alpha value is -1.42. The molecule has 0 aromatic heterocycles. The van der Waals surface area contributed by atoms with Gasteiger partial charge in [-0.15, -0.1) is 0 Å². The Kier molecular flexibility index (Phi) is 6.50. The number of hydrogen-bond acceptors (Lipinski definition) is 2. The van der Waals surface area contributed by atoms with Crippen LogP contribution in [0, 0.1) is 5.82 Å². The van der Waals surface area contributed by atoms with Gasteiger partial charge in [0.05, 0.1) is 0 Å². The van der Waals surface area contributed by atoms with Crippen LogP contribution < -0.4 is 11.1 Å². The van der Waals surface area contributed by atoms with E-state index >= 15 is 0 Å². The van der Waals surface area contributed by atoms with Gasteiger partial charge in [0.2, 0.25) is 5.91 Å². The molecule has 4 heteroatoms. The van der Waals surface area contributed by atoms with Crippen molar-refractivity contribution in [3.8, 4) is 0 Å². The van der Waals surface area contributed by atoms with E-state index in [0.29, 0.717) is 6.42 Å². The van der Waals surface area contributed by atoms with Crippen LogP contribution in [0.3, 0.4) is 0 Å². The molecule has 0 spiro atoms. The van der Waals surface area contributed by atoms with E-state index < -0.39 is 0 Å². The van der Waals surface area contributed by atoms with Gasteiger partial charge in [-0.1, -0.05) is 31.9 Å². The molecule has 1 amide bonds. The molecule has 3 nitrogen and oxygen atoms in total. The van der Waals surface area contributed by atoms with Gasteiger partial charge in [-0.3, -0.25) is 4.79 Å². The highest BCUT2D eigenvalue weighted by molar-refractivity contribution is 5.74. The minimum absolute atomic E-state index is 0.0180. The molecule has 0 saturated heterocycles. The molecular formula is C15H23FN2O. The Balaban J connectivity index is 2.70. The van der Waals surface area contributed by atoms with E-state index in [4.69, 9.17) is 5.73 Å². The van der Waals surface area contributed by atoms with Crippen LogP contribution in [0.5, 0.6) is 0 Å². The molecule has 0 bridgehead atoms. The third kappa shape index (κ3) is 5.83. The van der Waals surface area contributed by atoms with Gasteiger partial charge >= 0.3 is 0 Å². The summed E-state index contributed by atoms with van der Waals surface area (Å²) in [6, 6.07) is 6.67. The molecule has 2 unspecified atom stereocenters. The van der Waals surface area contributed by atoms with E-state index in [9.17, 15) is 9.18 Å². The predicted octanol–water partition coefficient (Wildman–Crippen LogP) is 2.91. The van der Waals surface area contributed by atoms with E-state index in [1.807, 2.05) is 6.92 Å². The fourth-order valence-corrected chi connectivity index (χ4v) is 2.15. The second kappa shape index (κ2) is 7.89. The number of halogens is 1. The highest BCUT2D eigenvalue weighted by Crippen LogP contribution is 2.21. The third-order valence-electron chi connectivity index (χ3n) is 3.11. The second-order valence-corrected chi connectivity index (χ2v) is 4.98. The fourth-order valence-electron chi connectivity index (χ4n) is 2.15. The number of nitrogens with one attached hydrogen (secondary N) is 1. The van der Waals surface area contributed by atoms with E-state index in [-0.39, 0.29) is 23.8 Å². The Morgan fingerprint density at radius 2 is 2.00 bits per heavy atom. The Bertz CT molecular complexity index is 392. The number of amides is 1. The van der Waals surface area contributed by atoms with Crippen LogP contribution in [0.15, 0.2) is 24.3 Å². The monoisotopic (exact) mass is 266 g/mol. The summed E-state index contributed by atoms with van der Waals surface area (Å²) in [6.07, 6.45) is 3.46. The first-order valence-corrected chi connectivity index (χ1v) is 6.82. The molecule has 0 aliphatic heterocycles. The number of carbonyl (C=O) groups excluding carboxylic acids is 1. The SMILES string of the molecule is CCCCC(NC(C)CC(N)=O)c1ccc(F)cc1. The highest BCUT2D eigenvalue weighted by Gasteiger charge is 2.15. The molecule has 2 atom stereocenters. The zero-order valence-corrected chi connectivity index (χ0v) is 11.7. The molecule has 0 saturated carbocycles. The van der Waals surface area contributed by atoms with Crippen molar-refractivity contribution in [1.82, 2.24) is 5.32 Å². The van der Waals surface area contributed by atoms with Crippen molar-refractivity contribution in [2.75, 3.05) is 0 Å². The molecule has 0 fully saturated rings. The lowest BCUT2D eigenvalue weighted by atomic mass is 9.99. The zero-order valence-electron chi connectivity index (χ0n) is 11.7. The maximum atomic E-state index is 13.0. The number of carbonyl (C=O) groups is 1. The summed E-state index contributed by atoms with van der Waals surface area (Å²) in [6.45, 7) is 4.07. The quantitative estimate of drug-likeness (QED) is 0.760. The van der Waals surface area contributed by atoms with Crippen LogP contribution in [0.1, 0.15) is 51.1 Å². The lowest BCUT2D eigenvalue weighted by Gasteiger charge is -2.23. The van der Waals surface area contributed by atoms with Crippen molar-refractivity contribution < 1.29 is 9.18 Å². The molecule has 0 heterocycles. The topological polar surface area (TPSA) is 55.1 Å². The average molecular weight is 266 g/mol. The van der Waals surface area contributed by atoms with Crippen molar-refractivity contribution in [2.45, 2.75) is 51.6 Å². The number of rotatable bonds is 8. The summed E-state index contributed by atoms with van der Waals surface area (Å²) in [5.74, 6) is -0.545. The first-order chi connectivity index (χ1) is 9.02. The summed E-state index contributed by atoms with van der Waals surface area (Å²) >= 11 is 0. The van der Waals surface area contributed by atoms with Gasteiger partial charge in [-0.25, -0.2) is 4.39 Å². The standard InChI is InChI=1S/C15H23FN2O/c1-3-4-5-14(18-11(2)10-15(17)19)12-6-8-13(16)9-7-12/h6-9,11,14,18H,3-5,10H2,1-2H3,(H2,17,19). The van der Waals surface area contributed by atoms with Gasteiger partial charge in [-0.05, 0) is 31.0 Å². The van der Waals surface area contributed by atoms with Gasteiger partial charge in [0.25, 0.3) is 0 Å². The number of hydrogen-bond donors (Lipinski definition) is 2. The lowest BCUT2D eigenvalue weighted by Crippen LogP contribution is -2.34. The van der Waals surface area contributed by atoms with Crippen LogP contribution in [0.2, 0.25) is 0 Å². The average Bonchev–Trinajstić information content (AvgIpc) is 2.34. The first kappa shape index (κ1) is 15.6. The normalized spacial score (nSPS) is 14.1. The minimum atomic E-state index is -0.312. The van der Waals surface area contributed by atoms with Crippen molar-refractivity contribution in [3.05, 3.63) is 35.6 Å². The molecule has 1 aromatic carbocycles. The van der Waals surface area contributed by atoms with Gasteiger partial charge < -0.3 is 11.1 Å². The molecule has 19 heavy (non-hydrogen) atoms. The smallest absolute Gasteiger partial charge is 0.218 e. The number of benzene rings is 1. The van der Waals surface area contributed by atoms with Crippen LogP contribution >= 0.6 is 0 Å². The summed E-state index contributed by atoms with van der Waals surface area (Å²) in [5, 5.41) is 3.40. The summed E-state index contributed by atoms with van der Waals surface area (Å²) < 4.78 is 13.0. The van der Waals surface area contributed by atoms with Crippen LogP contribution in [0.25, 0.3) is 0 Å².